The monoisotopic (exact) mass is 415 g/mol. The average molecular weight is 415 g/mol. The summed E-state index contributed by atoms with van der Waals surface area (Å²) in [7, 11) is 0. The van der Waals surface area contributed by atoms with Gasteiger partial charge in [-0.1, -0.05) is 36.4 Å². The lowest BCUT2D eigenvalue weighted by Crippen LogP contribution is -2.23. The fourth-order valence-corrected chi connectivity index (χ4v) is 3.20. The summed E-state index contributed by atoms with van der Waals surface area (Å²) < 4.78 is 13.4. The summed E-state index contributed by atoms with van der Waals surface area (Å²) in [6, 6.07) is 20.1. The standard InChI is InChI=1S/C25H22FN3O2/c26-19-10-8-16(9-11-19)21(15-24(30)28-20-12-13-20)17-4-3-5-18(14-17)25(31)29-23-7-2-1-6-22(23)27/h1-11,14-15,20H,12-13,27H2,(H,28,30)(H,29,31). The molecule has 1 fully saturated rings. The van der Waals surface area contributed by atoms with E-state index in [1.54, 1.807) is 54.6 Å². The van der Waals surface area contributed by atoms with Crippen molar-refractivity contribution in [1.82, 2.24) is 5.32 Å². The molecule has 0 aliphatic heterocycles. The van der Waals surface area contributed by atoms with Crippen molar-refractivity contribution in [2.24, 2.45) is 0 Å². The van der Waals surface area contributed by atoms with Gasteiger partial charge in [0.15, 0.2) is 0 Å². The number of anilines is 2. The van der Waals surface area contributed by atoms with Crippen LogP contribution in [0.1, 0.15) is 34.3 Å². The van der Waals surface area contributed by atoms with Crippen LogP contribution in [0.5, 0.6) is 0 Å². The molecule has 0 spiro atoms. The van der Waals surface area contributed by atoms with Crippen LogP contribution in [0.15, 0.2) is 78.9 Å². The second-order valence-corrected chi connectivity index (χ2v) is 7.47. The van der Waals surface area contributed by atoms with Crippen LogP contribution >= 0.6 is 0 Å². The largest absolute Gasteiger partial charge is 0.397 e. The molecule has 5 nitrogen and oxygen atoms in total. The van der Waals surface area contributed by atoms with Gasteiger partial charge in [-0.3, -0.25) is 9.59 Å². The van der Waals surface area contributed by atoms with Crippen LogP contribution in [0.4, 0.5) is 15.8 Å². The van der Waals surface area contributed by atoms with E-state index < -0.39 is 0 Å². The normalized spacial score (nSPS) is 13.5. The quantitative estimate of drug-likeness (QED) is 0.413. The van der Waals surface area contributed by atoms with E-state index in [0.717, 1.165) is 12.8 Å². The van der Waals surface area contributed by atoms with Crippen molar-refractivity contribution in [2.75, 3.05) is 11.1 Å². The SMILES string of the molecule is Nc1ccccc1NC(=O)c1cccc(C(=CC(=O)NC2CC2)c2ccc(F)cc2)c1. The molecule has 3 aromatic carbocycles. The van der Waals surface area contributed by atoms with Crippen molar-refractivity contribution in [3.8, 4) is 0 Å². The minimum absolute atomic E-state index is 0.214. The molecule has 0 unspecified atom stereocenters. The predicted octanol–water partition coefficient (Wildman–Crippen LogP) is 4.37. The van der Waals surface area contributed by atoms with Gasteiger partial charge in [0.05, 0.1) is 11.4 Å². The Bertz CT molecular complexity index is 1150. The van der Waals surface area contributed by atoms with Gasteiger partial charge >= 0.3 is 0 Å². The van der Waals surface area contributed by atoms with E-state index in [9.17, 15) is 14.0 Å². The van der Waals surface area contributed by atoms with E-state index in [4.69, 9.17) is 5.73 Å². The van der Waals surface area contributed by atoms with Crippen LogP contribution in [0.3, 0.4) is 0 Å². The van der Waals surface area contributed by atoms with Crippen molar-refractivity contribution in [3.05, 3.63) is 101 Å². The van der Waals surface area contributed by atoms with Gasteiger partial charge in [0.2, 0.25) is 5.91 Å². The molecule has 0 heterocycles. The van der Waals surface area contributed by atoms with Gasteiger partial charge in [-0.2, -0.15) is 0 Å². The number of para-hydroxylation sites is 2. The van der Waals surface area contributed by atoms with Gasteiger partial charge < -0.3 is 16.4 Å². The number of nitrogen functional groups attached to an aromatic ring is 1. The number of rotatable bonds is 6. The number of hydrogen-bond donors (Lipinski definition) is 3. The number of carbonyl (C=O) groups excluding carboxylic acids is 2. The van der Waals surface area contributed by atoms with E-state index in [2.05, 4.69) is 10.6 Å². The van der Waals surface area contributed by atoms with Gasteiger partial charge in [-0.15, -0.1) is 0 Å². The molecular weight excluding hydrogens is 393 g/mol. The zero-order valence-corrected chi connectivity index (χ0v) is 16.8. The number of hydrogen-bond acceptors (Lipinski definition) is 3. The van der Waals surface area contributed by atoms with Crippen LogP contribution in [0.2, 0.25) is 0 Å². The summed E-state index contributed by atoms with van der Waals surface area (Å²) in [5.74, 6) is -0.895. The molecule has 0 aromatic heterocycles. The third-order valence-corrected chi connectivity index (χ3v) is 5.00. The third-order valence-electron chi connectivity index (χ3n) is 5.00. The molecule has 0 radical (unpaired) electrons. The van der Waals surface area contributed by atoms with Gasteiger partial charge in [0, 0.05) is 17.7 Å². The summed E-state index contributed by atoms with van der Waals surface area (Å²) >= 11 is 0. The Kier molecular flexibility index (Phi) is 5.80. The lowest BCUT2D eigenvalue weighted by Gasteiger charge is -2.12. The summed E-state index contributed by atoms with van der Waals surface area (Å²) in [5.41, 5.74) is 9.27. The molecule has 1 aliphatic rings. The number of nitrogens with two attached hydrogens (primary N) is 1. The first-order chi connectivity index (χ1) is 15.0. The van der Waals surface area contributed by atoms with Crippen molar-refractivity contribution >= 4 is 28.8 Å². The van der Waals surface area contributed by atoms with E-state index in [0.29, 0.717) is 33.6 Å². The lowest BCUT2D eigenvalue weighted by molar-refractivity contribution is -0.116. The first-order valence-corrected chi connectivity index (χ1v) is 10.0. The van der Waals surface area contributed by atoms with Crippen LogP contribution in [0.25, 0.3) is 5.57 Å². The van der Waals surface area contributed by atoms with Crippen LogP contribution in [-0.4, -0.2) is 17.9 Å². The maximum absolute atomic E-state index is 13.4. The number of benzene rings is 3. The van der Waals surface area contributed by atoms with E-state index in [1.807, 2.05) is 6.07 Å². The molecule has 0 bridgehead atoms. The second kappa shape index (κ2) is 8.83. The first kappa shape index (κ1) is 20.3. The van der Waals surface area contributed by atoms with Crippen molar-refractivity contribution < 1.29 is 14.0 Å². The van der Waals surface area contributed by atoms with Crippen molar-refractivity contribution in [1.29, 1.82) is 0 Å². The minimum Gasteiger partial charge on any atom is -0.397 e. The summed E-state index contributed by atoms with van der Waals surface area (Å²) in [4.78, 5) is 25.2. The minimum atomic E-state index is -0.362. The Balaban J connectivity index is 1.66. The average Bonchev–Trinajstić information content (AvgIpc) is 3.58. The Morgan fingerprint density at radius 3 is 2.32 bits per heavy atom. The molecule has 4 rings (SSSR count). The maximum Gasteiger partial charge on any atom is 0.255 e. The molecule has 156 valence electrons. The fourth-order valence-electron chi connectivity index (χ4n) is 3.20. The Labute approximate surface area is 179 Å². The number of carbonyl (C=O) groups is 2. The fraction of sp³-hybridized carbons (Fsp3) is 0.120. The molecular formula is C25H22FN3O2. The zero-order valence-electron chi connectivity index (χ0n) is 16.8. The molecule has 3 aromatic rings. The summed E-state index contributed by atoms with van der Waals surface area (Å²) in [6.07, 6.45) is 3.45. The van der Waals surface area contributed by atoms with Gasteiger partial charge in [-0.25, -0.2) is 4.39 Å². The predicted molar refractivity (Wildman–Crippen MR) is 120 cm³/mol. The molecule has 0 atom stereocenters. The molecule has 0 saturated heterocycles. The number of amides is 2. The molecule has 1 saturated carbocycles. The van der Waals surface area contributed by atoms with Crippen molar-refractivity contribution in [3.63, 3.8) is 0 Å². The molecule has 2 amide bonds. The van der Waals surface area contributed by atoms with Gasteiger partial charge in [-0.05, 0) is 65.9 Å². The van der Waals surface area contributed by atoms with Gasteiger partial charge in [0.1, 0.15) is 5.82 Å². The summed E-state index contributed by atoms with van der Waals surface area (Å²) in [5, 5.41) is 5.73. The Hall–Kier alpha value is -3.93. The van der Waals surface area contributed by atoms with Gasteiger partial charge in [0.25, 0.3) is 5.91 Å². The topological polar surface area (TPSA) is 84.2 Å². The molecule has 31 heavy (non-hydrogen) atoms. The number of nitrogens with one attached hydrogen (secondary N) is 2. The molecule has 4 N–H and O–H groups in total. The zero-order chi connectivity index (χ0) is 21.8. The molecule has 1 aliphatic carbocycles. The van der Waals surface area contributed by atoms with E-state index in [1.165, 1.54) is 18.2 Å². The van der Waals surface area contributed by atoms with E-state index >= 15 is 0 Å². The summed E-state index contributed by atoms with van der Waals surface area (Å²) in [6.45, 7) is 0. The first-order valence-electron chi connectivity index (χ1n) is 10.0. The Morgan fingerprint density at radius 1 is 0.903 bits per heavy atom. The van der Waals surface area contributed by atoms with Crippen LogP contribution in [0, 0.1) is 5.82 Å². The van der Waals surface area contributed by atoms with Crippen molar-refractivity contribution in [2.45, 2.75) is 18.9 Å². The van der Waals surface area contributed by atoms with E-state index in [-0.39, 0.29) is 23.7 Å². The highest BCUT2D eigenvalue weighted by molar-refractivity contribution is 6.07. The van der Waals surface area contributed by atoms with Crippen LogP contribution < -0.4 is 16.4 Å². The van der Waals surface area contributed by atoms with Crippen LogP contribution in [-0.2, 0) is 4.79 Å². The lowest BCUT2D eigenvalue weighted by atomic mass is 9.95. The highest BCUT2D eigenvalue weighted by Gasteiger charge is 2.23. The highest BCUT2D eigenvalue weighted by atomic mass is 19.1. The number of halogens is 1. The molecule has 6 heteroatoms. The maximum atomic E-state index is 13.4. The smallest absolute Gasteiger partial charge is 0.255 e. The highest BCUT2D eigenvalue weighted by Crippen LogP contribution is 2.26. The Morgan fingerprint density at radius 2 is 1.61 bits per heavy atom. The second-order valence-electron chi connectivity index (χ2n) is 7.47. The third kappa shape index (κ3) is 5.17.